The van der Waals surface area contributed by atoms with Gasteiger partial charge in [-0.3, -0.25) is 0 Å². The number of aromatic nitrogens is 2. The molecule has 1 atom stereocenters. The minimum atomic E-state index is 0.605. The second-order valence-electron chi connectivity index (χ2n) is 4.88. The second-order valence-corrected chi connectivity index (χ2v) is 5.69. The Morgan fingerprint density at radius 2 is 2.16 bits per heavy atom. The molecular weight excluding hydrogens is 304 g/mol. The molecule has 0 saturated carbocycles. The Hall–Kier alpha value is -1.33. The van der Waals surface area contributed by atoms with Gasteiger partial charge < -0.3 is 14.8 Å². The molecule has 1 fully saturated rings. The smallest absolute Gasteiger partial charge is 0.124 e. The van der Waals surface area contributed by atoms with Crippen LogP contribution in [0.5, 0.6) is 0 Å². The van der Waals surface area contributed by atoms with Crippen molar-refractivity contribution in [1.82, 2.24) is 14.9 Å². The number of anilines is 1. The van der Waals surface area contributed by atoms with Crippen molar-refractivity contribution in [3.8, 4) is 5.69 Å². The third-order valence-electron chi connectivity index (χ3n) is 3.69. The summed E-state index contributed by atoms with van der Waals surface area (Å²) in [6, 6.07) is 9.20. The van der Waals surface area contributed by atoms with Crippen molar-refractivity contribution >= 4 is 21.6 Å². The predicted octanol–water partition coefficient (Wildman–Crippen LogP) is 2.43. The second kappa shape index (κ2) is 5.35. The number of rotatable bonds is 3. The highest BCUT2D eigenvalue weighted by Gasteiger charge is 2.19. The van der Waals surface area contributed by atoms with Crippen LogP contribution in [0.3, 0.4) is 0 Å². The first-order valence-corrected chi connectivity index (χ1v) is 7.27. The maximum absolute atomic E-state index is 4.17. The van der Waals surface area contributed by atoms with Gasteiger partial charge in [-0.1, -0.05) is 0 Å². The summed E-state index contributed by atoms with van der Waals surface area (Å²) in [5.41, 5.74) is 2.39. The molecule has 4 nitrogen and oxygen atoms in total. The zero-order valence-corrected chi connectivity index (χ0v) is 12.5. The summed E-state index contributed by atoms with van der Waals surface area (Å²) >= 11 is 3.36. The summed E-state index contributed by atoms with van der Waals surface area (Å²) in [5, 5.41) is 3.40. The van der Waals surface area contributed by atoms with Crippen molar-refractivity contribution in [2.75, 3.05) is 25.0 Å². The summed E-state index contributed by atoms with van der Waals surface area (Å²) in [4.78, 5) is 6.53. The number of nitrogens with zero attached hydrogens (tertiary/aromatic N) is 3. The summed E-state index contributed by atoms with van der Waals surface area (Å²) in [6.45, 7) is 2.20. The van der Waals surface area contributed by atoms with Crippen LogP contribution in [0.25, 0.3) is 5.69 Å². The average Bonchev–Trinajstić information content (AvgIpc) is 3.09. The minimum Gasteiger partial charge on any atom is -0.370 e. The van der Waals surface area contributed by atoms with Gasteiger partial charge in [-0.05, 0) is 53.2 Å². The maximum Gasteiger partial charge on any atom is 0.124 e. The van der Waals surface area contributed by atoms with Gasteiger partial charge in [-0.25, -0.2) is 4.98 Å². The van der Waals surface area contributed by atoms with Crippen LogP contribution in [0.15, 0.2) is 41.4 Å². The molecule has 100 valence electrons. The van der Waals surface area contributed by atoms with E-state index >= 15 is 0 Å². The zero-order valence-electron chi connectivity index (χ0n) is 10.9. The Bertz CT molecular complexity index is 543. The summed E-state index contributed by atoms with van der Waals surface area (Å²) in [5.74, 6) is 0. The van der Waals surface area contributed by atoms with Crippen LogP contribution in [0.2, 0.25) is 0 Å². The van der Waals surface area contributed by atoms with E-state index in [2.05, 4.69) is 62.4 Å². The molecule has 1 aromatic carbocycles. The predicted molar refractivity (Wildman–Crippen MR) is 80.9 cm³/mol. The first kappa shape index (κ1) is 12.7. The van der Waals surface area contributed by atoms with E-state index in [0.717, 1.165) is 23.4 Å². The lowest BCUT2D eigenvalue weighted by Gasteiger charge is -2.26. The van der Waals surface area contributed by atoms with E-state index in [-0.39, 0.29) is 0 Å². The molecule has 0 aliphatic carbocycles. The summed E-state index contributed by atoms with van der Waals surface area (Å²) < 4.78 is 2.86. The van der Waals surface area contributed by atoms with Gasteiger partial charge in [0.15, 0.2) is 0 Å². The molecule has 1 unspecified atom stereocenters. The third kappa shape index (κ3) is 2.67. The molecular formula is C14H17BrN4. The van der Waals surface area contributed by atoms with Crippen LogP contribution >= 0.6 is 15.9 Å². The molecule has 1 saturated heterocycles. The number of halogens is 1. The molecule has 1 aliphatic rings. The molecule has 2 heterocycles. The normalized spacial score (nSPS) is 18.7. The van der Waals surface area contributed by atoms with E-state index in [0.29, 0.717) is 6.04 Å². The first-order chi connectivity index (χ1) is 9.24. The summed E-state index contributed by atoms with van der Waals surface area (Å²) in [6.07, 6.45) is 4.98. The minimum absolute atomic E-state index is 0.605. The highest BCUT2D eigenvalue weighted by Crippen LogP contribution is 2.21. The van der Waals surface area contributed by atoms with Gasteiger partial charge in [-0.2, -0.15) is 0 Å². The van der Waals surface area contributed by atoms with E-state index < -0.39 is 0 Å². The topological polar surface area (TPSA) is 33.1 Å². The van der Waals surface area contributed by atoms with Crippen LogP contribution in [-0.4, -0.2) is 35.7 Å². The molecule has 1 N–H and O–H groups in total. The molecule has 2 aromatic rings. The molecule has 19 heavy (non-hydrogen) atoms. The van der Waals surface area contributed by atoms with Crippen molar-refractivity contribution in [2.24, 2.45) is 0 Å². The van der Waals surface area contributed by atoms with Crippen molar-refractivity contribution < 1.29 is 0 Å². The molecule has 3 rings (SSSR count). The number of hydrogen-bond acceptors (Lipinski definition) is 3. The standard InChI is InChI=1S/C14H17BrN4/c1-18(13-6-7-16-8-13)11-2-4-12(5-3-11)19-9-14(15)17-10-19/h2-5,9-10,13,16H,6-8H2,1H3. The van der Waals surface area contributed by atoms with Gasteiger partial charge >= 0.3 is 0 Å². The molecule has 1 aromatic heterocycles. The number of benzene rings is 1. The Labute approximate surface area is 121 Å². The number of likely N-dealkylation sites (N-methyl/N-ethyl adjacent to an activating group) is 1. The van der Waals surface area contributed by atoms with E-state index in [1.807, 2.05) is 17.1 Å². The van der Waals surface area contributed by atoms with Crippen LogP contribution in [-0.2, 0) is 0 Å². The van der Waals surface area contributed by atoms with Crippen LogP contribution in [0, 0.1) is 0 Å². The Balaban J connectivity index is 1.78. The fourth-order valence-corrected chi connectivity index (χ4v) is 2.79. The van der Waals surface area contributed by atoms with E-state index in [1.54, 1.807) is 0 Å². The SMILES string of the molecule is CN(c1ccc(-n2cnc(Br)c2)cc1)C1CCNC1. The van der Waals surface area contributed by atoms with Gasteiger partial charge in [0.2, 0.25) is 0 Å². The van der Waals surface area contributed by atoms with Crippen LogP contribution in [0.4, 0.5) is 5.69 Å². The maximum atomic E-state index is 4.17. The van der Waals surface area contributed by atoms with E-state index in [1.165, 1.54) is 12.1 Å². The lowest BCUT2D eigenvalue weighted by molar-refractivity contribution is 0.685. The molecule has 0 radical (unpaired) electrons. The highest BCUT2D eigenvalue weighted by molar-refractivity contribution is 9.10. The highest BCUT2D eigenvalue weighted by atomic mass is 79.9. The molecule has 0 amide bonds. The van der Waals surface area contributed by atoms with Gasteiger partial charge in [0, 0.05) is 37.2 Å². The Kier molecular flexibility index (Phi) is 3.57. The largest absolute Gasteiger partial charge is 0.370 e. The molecule has 1 aliphatic heterocycles. The molecule has 5 heteroatoms. The van der Waals surface area contributed by atoms with Crippen molar-refractivity contribution in [1.29, 1.82) is 0 Å². The fourth-order valence-electron chi connectivity index (χ4n) is 2.48. The Morgan fingerprint density at radius 3 is 2.74 bits per heavy atom. The van der Waals surface area contributed by atoms with E-state index in [4.69, 9.17) is 0 Å². The van der Waals surface area contributed by atoms with E-state index in [9.17, 15) is 0 Å². The van der Waals surface area contributed by atoms with Gasteiger partial charge in [0.25, 0.3) is 0 Å². The van der Waals surface area contributed by atoms with Crippen LogP contribution in [0.1, 0.15) is 6.42 Å². The first-order valence-electron chi connectivity index (χ1n) is 6.47. The van der Waals surface area contributed by atoms with Crippen molar-refractivity contribution in [3.05, 3.63) is 41.4 Å². The van der Waals surface area contributed by atoms with Gasteiger partial charge in [-0.15, -0.1) is 0 Å². The lowest BCUT2D eigenvalue weighted by atomic mass is 10.2. The Morgan fingerprint density at radius 1 is 1.37 bits per heavy atom. The average molecular weight is 321 g/mol. The monoisotopic (exact) mass is 320 g/mol. The van der Waals surface area contributed by atoms with Gasteiger partial charge in [0.1, 0.15) is 10.9 Å². The quantitative estimate of drug-likeness (QED) is 0.943. The van der Waals surface area contributed by atoms with Gasteiger partial charge in [0.05, 0.1) is 0 Å². The van der Waals surface area contributed by atoms with Crippen molar-refractivity contribution in [2.45, 2.75) is 12.5 Å². The van der Waals surface area contributed by atoms with Crippen LogP contribution < -0.4 is 10.2 Å². The lowest BCUT2D eigenvalue weighted by Crippen LogP contribution is -2.33. The molecule has 0 bridgehead atoms. The third-order valence-corrected chi connectivity index (χ3v) is 4.10. The number of imidazole rings is 1. The number of nitrogens with one attached hydrogen (secondary N) is 1. The number of hydrogen-bond donors (Lipinski definition) is 1. The molecule has 0 spiro atoms. The summed E-state index contributed by atoms with van der Waals surface area (Å²) in [7, 11) is 2.17. The zero-order chi connectivity index (χ0) is 13.2. The van der Waals surface area contributed by atoms with Crippen molar-refractivity contribution in [3.63, 3.8) is 0 Å². The fraction of sp³-hybridized carbons (Fsp3) is 0.357.